The Labute approximate surface area is 242 Å². The molecule has 16 heteroatoms. The number of sulfonamides is 1. The minimum absolute atomic E-state index is 0.0587. The molecule has 0 aromatic carbocycles. The summed E-state index contributed by atoms with van der Waals surface area (Å²) in [7, 11) is -1.39. The van der Waals surface area contributed by atoms with Crippen LogP contribution < -0.4 is 9.62 Å². The molecule has 0 radical (unpaired) electrons. The van der Waals surface area contributed by atoms with Crippen molar-refractivity contribution in [1.82, 2.24) is 24.7 Å². The molecule has 1 N–H and O–H groups in total. The molecule has 1 aliphatic heterocycles. The Balaban J connectivity index is 1.77. The van der Waals surface area contributed by atoms with E-state index >= 15 is 0 Å². The van der Waals surface area contributed by atoms with Gasteiger partial charge in [0.05, 0.1) is 50.7 Å². The maximum Gasteiger partial charge on any atom is 0.310 e. The van der Waals surface area contributed by atoms with E-state index in [0.717, 1.165) is 12.4 Å². The zero-order chi connectivity index (χ0) is 30.4. The predicted octanol–water partition coefficient (Wildman–Crippen LogP) is 3.05. The SMILES string of the molecule is C=C(OC)/C(=C(\CC)OC)n1c(NS(=O)(=O)[C@@H]2C[C@H](C(=O)OCC)CN(c3ncc(F)cn3)C2)nnc1-c1ccco1. The summed E-state index contributed by atoms with van der Waals surface area (Å²) in [5, 5.41) is 7.14. The van der Waals surface area contributed by atoms with Crippen molar-refractivity contribution in [3.05, 3.63) is 54.7 Å². The van der Waals surface area contributed by atoms with Crippen LogP contribution >= 0.6 is 0 Å². The topological polar surface area (TPSA) is 164 Å². The Kier molecular flexibility index (Phi) is 9.45. The number of aromatic nitrogens is 5. The third-order valence-corrected chi connectivity index (χ3v) is 8.25. The first-order valence-electron chi connectivity index (χ1n) is 13.0. The number of halogens is 1. The van der Waals surface area contributed by atoms with Crippen molar-refractivity contribution in [3.8, 4) is 11.6 Å². The first-order chi connectivity index (χ1) is 20.1. The van der Waals surface area contributed by atoms with E-state index in [1.807, 2.05) is 6.92 Å². The van der Waals surface area contributed by atoms with Gasteiger partial charge in [0.15, 0.2) is 11.6 Å². The first-order valence-corrected chi connectivity index (χ1v) is 14.6. The Morgan fingerprint density at radius 3 is 2.52 bits per heavy atom. The Hall–Kier alpha value is -4.47. The van der Waals surface area contributed by atoms with Crippen LogP contribution in [0.5, 0.6) is 0 Å². The molecule has 0 aliphatic carbocycles. The van der Waals surface area contributed by atoms with Crippen LogP contribution in [0.25, 0.3) is 17.3 Å². The van der Waals surface area contributed by atoms with E-state index in [4.69, 9.17) is 18.6 Å². The van der Waals surface area contributed by atoms with Gasteiger partial charge in [-0.2, -0.15) is 0 Å². The van der Waals surface area contributed by atoms with E-state index in [0.29, 0.717) is 17.9 Å². The fraction of sp³-hybridized carbons (Fsp3) is 0.423. The number of piperidine rings is 1. The highest BCUT2D eigenvalue weighted by Crippen LogP contribution is 2.33. The van der Waals surface area contributed by atoms with Crippen molar-refractivity contribution in [1.29, 1.82) is 0 Å². The molecular weight excluding hydrogens is 573 g/mol. The van der Waals surface area contributed by atoms with Crippen molar-refractivity contribution >= 4 is 33.6 Å². The molecule has 2 atom stereocenters. The van der Waals surface area contributed by atoms with Gasteiger partial charge in [-0.25, -0.2) is 22.8 Å². The predicted molar refractivity (Wildman–Crippen MR) is 150 cm³/mol. The van der Waals surface area contributed by atoms with Crippen LogP contribution in [0.15, 0.2) is 53.3 Å². The fourth-order valence-corrected chi connectivity index (χ4v) is 6.00. The third-order valence-electron chi connectivity index (χ3n) is 6.56. The highest BCUT2D eigenvalue weighted by molar-refractivity contribution is 7.93. The molecule has 3 aromatic rings. The molecule has 3 aromatic heterocycles. The number of methoxy groups -OCH3 is 2. The molecule has 0 unspecified atom stereocenters. The van der Waals surface area contributed by atoms with Crippen molar-refractivity contribution in [2.75, 3.05) is 43.5 Å². The van der Waals surface area contributed by atoms with Gasteiger partial charge < -0.3 is 23.5 Å². The van der Waals surface area contributed by atoms with E-state index in [2.05, 4.69) is 31.5 Å². The van der Waals surface area contributed by atoms with Gasteiger partial charge in [-0.3, -0.25) is 14.1 Å². The maximum absolute atomic E-state index is 13.9. The van der Waals surface area contributed by atoms with Gasteiger partial charge >= 0.3 is 5.97 Å². The molecule has 1 aliphatic rings. The largest absolute Gasteiger partial charge is 0.499 e. The molecule has 0 saturated carbocycles. The van der Waals surface area contributed by atoms with Crippen LogP contribution in [0.1, 0.15) is 26.7 Å². The number of nitrogens with zero attached hydrogens (tertiary/aromatic N) is 6. The van der Waals surface area contributed by atoms with Crippen molar-refractivity contribution in [3.63, 3.8) is 0 Å². The molecule has 0 amide bonds. The van der Waals surface area contributed by atoms with Crippen LogP contribution in [0.3, 0.4) is 0 Å². The minimum atomic E-state index is -4.27. The van der Waals surface area contributed by atoms with Gasteiger partial charge in [0.2, 0.25) is 27.7 Å². The maximum atomic E-state index is 13.9. The van der Waals surface area contributed by atoms with E-state index < -0.39 is 33.0 Å². The quantitative estimate of drug-likeness (QED) is 0.183. The smallest absolute Gasteiger partial charge is 0.310 e. The third kappa shape index (κ3) is 6.37. The van der Waals surface area contributed by atoms with Crippen LogP contribution in [-0.4, -0.2) is 78.3 Å². The van der Waals surface area contributed by atoms with E-state index in [-0.39, 0.29) is 55.3 Å². The molecule has 1 fully saturated rings. The number of rotatable bonds is 12. The number of anilines is 2. The molecule has 14 nitrogen and oxygen atoms in total. The van der Waals surface area contributed by atoms with Gasteiger partial charge in [0.1, 0.15) is 17.2 Å². The second kappa shape index (κ2) is 13.0. The lowest BCUT2D eigenvalue weighted by atomic mass is 9.98. The second-order valence-electron chi connectivity index (χ2n) is 9.18. The van der Waals surface area contributed by atoms with E-state index in [1.54, 1.807) is 19.1 Å². The summed E-state index contributed by atoms with van der Waals surface area (Å²) < 4.78 is 67.0. The zero-order valence-electron chi connectivity index (χ0n) is 23.6. The molecule has 226 valence electrons. The van der Waals surface area contributed by atoms with Crippen molar-refractivity contribution in [2.24, 2.45) is 5.92 Å². The average Bonchev–Trinajstić information content (AvgIpc) is 3.66. The Morgan fingerprint density at radius 1 is 1.19 bits per heavy atom. The summed E-state index contributed by atoms with van der Waals surface area (Å²) in [5.74, 6) is -1.15. The van der Waals surface area contributed by atoms with Gasteiger partial charge in [-0.1, -0.05) is 13.5 Å². The second-order valence-corrected chi connectivity index (χ2v) is 11.1. The summed E-state index contributed by atoms with van der Waals surface area (Å²) >= 11 is 0. The monoisotopic (exact) mass is 605 g/mol. The van der Waals surface area contributed by atoms with Gasteiger partial charge in [0, 0.05) is 19.5 Å². The standard InChI is InChI=1S/C26H32FN7O7S/c1-6-20(39-5)22(16(3)38-4)34-23(21-9-8-10-41-21)30-31-26(34)32-42(36,37)19-11-17(24(35)40-7-2)14-33(15-19)25-28-12-18(27)13-29-25/h8-10,12-13,17,19H,3,6-7,11,14-15H2,1-2,4-5H3,(H,31,32)/b22-20-/t17-,19+/m0/s1. The zero-order valence-corrected chi connectivity index (χ0v) is 24.4. The lowest BCUT2D eigenvalue weighted by Crippen LogP contribution is -2.50. The number of hydrogen-bond acceptors (Lipinski definition) is 12. The number of nitrogens with one attached hydrogen (secondary N) is 1. The van der Waals surface area contributed by atoms with Gasteiger partial charge in [0.25, 0.3) is 0 Å². The highest BCUT2D eigenvalue weighted by atomic mass is 32.2. The van der Waals surface area contributed by atoms with Crippen LogP contribution in [-0.2, 0) is 29.0 Å². The van der Waals surface area contributed by atoms with E-state index in [9.17, 15) is 17.6 Å². The number of ether oxygens (including phenoxy) is 3. The summed E-state index contributed by atoms with van der Waals surface area (Å²) in [4.78, 5) is 22.2. The molecule has 0 spiro atoms. The summed E-state index contributed by atoms with van der Waals surface area (Å²) in [5.41, 5.74) is 0.269. The lowest BCUT2D eigenvalue weighted by molar-refractivity contribution is -0.148. The number of furan rings is 1. The molecule has 4 rings (SSSR count). The van der Waals surface area contributed by atoms with Crippen molar-refractivity contribution in [2.45, 2.75) is 31.9 Å². The van der Waals surface area contributed by atoms with Crippen molar-refractivity contribution < 1.29 is 36.2 Å². The number of esters is 1. The fourth-order valence-electron chi connectivity index (χ4n) is 4.59. The first kappa shape index (κ1) is 30.5. The number of allylic oxidation sites excluding steroid dienone is 2. The van der Waals surface area contributed by atoms with E-state index in [1.165, 1.54) is 29.9 Å². The number of hydrogen-bond donors (Lipinski definition) is 1. The van der Waals surface area contributed by atoms with Gasteiger partial charge in [-0.05, 0) is 25.5 Å². The summed E-state index contributed by atoms with van der Waals surface area (Å²) in [6.07, 6.45) is 3.71. The normalized spacial score (nSPS) is 17.8. The molecular formula is C26H32FN7O7S. The van der Waals surface area contributed by atoms with Gasteiger partial charge in [-0.15, -0.1) is 10.2 Å². The minimum Gasteiger partial charge on any atom is -0.499 e. The average molecular weight is 606 g/mol. The summed E-state index contributed by atoms with van der Waals surface area (Å²) in [6, 6.07) is 3.28. The van der Waals surface area contributed by atoms with Crippen LogP contribution in [0.2, 0.25) is 0 Å². The number of carbonyl (C=O) groups excluding carboxylic acids is 1. The molecule has 4 heterocycles. The Morgan fingerprint density at radius 2 is 1.93 bits per heavy atom. The molecule has 42 heavy (non-hydrogen) atoms. The Bertz CT molecular complexity index is 1530. The summed E-state index contributed by atoms with van der Waals surface area (Å²) in [6.45, 7) is 7.56. The number of carbonyl (C=O) groups is 1. The lowest BCUT2D eigenvalue weighted by Gasteiger charge is -2.36. The van der Waals surface area contributed by atoms with Crippen LogP contribution in [0, 0.1) is 11.7 Å². The van der Waals surface area contributed by atoms with Crippen LogP contribution in [0.4, 0.5) is 16.3 Å². The molecule has 1 saturated heterocycles. The molecule has 0 bridgehead atoms. The highest BCUT2D eigenvalue weighted by Gasteiger charge is 2.41.